The van der Waals surface area contributed by atoms with E-state index >= 15 is 0 Å². The molecule has 0 saturated heterocycles. The highest BCUT2D eigenvalue weighted by Gasteiger charge is 2.26. The normalized spacial score (nSPS) is 15.8. The fraction of sp³-hybridized carbons (Fsp3) is 0.480. The van der Waals surface area contributed by atoms with Crippen LogP contribution < -0.4 is 4.74 Å². The lowest BCUT2D eigenvalue weighted by molar-refractivity contribution is -0.149. The summed E-state index contributed by atoms with van der Waals surface area (Å²) < 4.78 is 40.8. The SMILES string of the molecule is COC(=O)C(CCOS(=O)(=O)Cc1ccccc1)Oc1cc(C)ccc1C1CCCCC1. The number of esters is 1. The number of aryl methyl sites for hydroxylation is 1. The van der Waals surface area contributed by atoms with Crippen LogP contribution in [0.2, 0.25) is 0 Å². The van der Waals surface area contributed by atoms with E-state index in [0.717, 1.165) is 24.0 Å². The molecule has 3 rings (SSSR count). The summed E-state index contributed by atoms with van der Waals surface area (Å²) in [7, 11) is -2.48. The summed E-state index contributed by atoms with van der Waals surface area (Å²) in [5.41, 5.74) is 2.77. The standard InChI is InChI=1S/C25H32O6S/c1-19-13-14-22(21-11-7-4-8-12-21)24(17-19)31-23(25(26)29-2)15-16-30-32(27,28)18-20-9-5-3-6-10-20/h3,5-6,9-10,13-14,17,21,23H,4,7-8,11-12,15-16,18H2,1-2H3. The number of rotatable bonds is 10. The van der Waals surface area contributed by atoms with Crippen LogP contribution in [0.15, 0.2) is 48.5 Å². The molecule has 0 N–H and O–H groups in total. The van der Waals surface area contributed by atoms with Gasteiger partial charge in [-0.15, -0.1) is 0 Å². The fourth-order valence-electron chi connectivity index (χ4n) is 4.11. The summed E-state index contributed by atoms with van der Waals surface area (Å²) >= 11 is 0. The zero-order valence-electron chi connectivity index (χ0n) is 18.8. The Hall–Kier alpha value is -2.38. The average molecular weight is 461 g/mol. The third-order valence-electron chi connectivity index (χ3n) is 5.78. The smallest absolute Gasteiger partial charge is 0.347 e. The summed E-state index contributed by atoms with van der Waals surface area (Å²) in [5.74, 6) is 0.297. The first-order chi connectivity index (χ1) is 15.4. The summed E-state index contributed by atoms with van der Waals surface area (Å²) in [6, 6.07) is 14.9. The van der Waals surface area contributed by atoms with Crippen LogP contribution in [-0.2, 0) is 29.6 Å². The van der Waals surface area contributed by atoms with Crippen molar-refractivity contribution in [1.29, 1.82) is 0 Å². The van der Waals surface area contributed by atoms with E-state index in [4.69, 9.17) is 13.7 Å². The van der Waals surface area contributed by atoms with Crippen LogP contribution in [0.3, 0.4) is 0 Å². The Morgan fingerprint density at radius 1 is 1.06 bits per heavy atom. The highest BCUT2D eigenvalue weighted by molar-refractivity contribution is 7.85. The summed E-state index contributed by atoms with van der Waals surface area (Å²) in [4.78, 5) is 12.4. The summed E-state index contributed by atoms with van der Waals surface area (Å²) in [6.07, 6.45) is 4.94. The third-order valence-corrected chi connectivity index (χ3v) is 6.99. The molecule has 174 valence electrons. The second-order valence-electron chi connectivity index (χ2n) is 8.30. The second kappa shape index (κ2) is 11.5. The Labute approximate surface area is 191 Å². The van der Waals surface area contributed by atoms with E-state index in [-0.39, 0.29) is 18.8 Å². The van der Waals surface area contributed by atoms with E-state index in [1.54, 1.807) is 24.3 Å². The number of benzene rings is 2. The van der Waals surface area contributed by atoms with Gasteiger partial charge < -0.3 is 9.47 Å². The molecule has 0 bridgehead atoms. The van der Waals surface area contributed by atoms with Crippen LogP contribution in [0, 0.1) is 6.92 Å². The van der Waals surface area contributed by atoms with Crippen molar-refractivity contribution in [3.63, 3.8) is 0 Å². The molecular formula is C25H32O6S. The number of methoxy groups -OCH3 is 1. The Morgan fingerprint density at radius 2 is 1.78 bits per heavy atom. The van der Waals surface area contributed by atoms with Crippen molar-refractivity contribution >= 4 is 16.1 Å². The van der Waals surface area contributed by atoms with Gasteiger partial charge in [0.2, 0.25) is 0 Å². The first kappa shape index (κ1) is 24.3. The minimum atomic E-state index is -3.78. The van der Waals surface area contributed by atoms with Crippen molar-refractivity contribution in [2.24, 2.45) is 0 Å². The van der Waals surface area contributed by atoms with Gasteiger partial charge in [0.25, 0.3) is 10.1 Å². The van der Waals surface area contributed by atoms with Crippen molar-refractivity contribution in [3.8, 4) is 5.75 Å². The van der Waals surface area contributed by atoms with Crippen molar-refractivity contribution < 1.29 is 26.9 Å². The number of carbonyl (C=O) groups is 1. The minimum Gasteiger partial charge on any atom is -0.478 e. The molecule has 2 aromatic rings. The molecule has 2 aromatic carbocycles. The maximum atomic E-state index is 12.4. The van der Waals surface area contributed by atoms with E-state index in [1.807, 2.05) is 19.1 Å². The molecule has 0 aromatic heterocycles. The topological polar surface area (TPSA) is 78.9 Å². The lowest BCUT2D eigenvalue weighted by Gasteiger charge is -2.26. The number of hydrogen-bond donors (Lipinski definition) is 0. The zero-order valence-corrected chi connectivity index (χ0v) is 19.6. The van der Waals surface area contributed by atoms with Crippen molar-refractivity contribution in [1.82, 2.24) is 0 Å². The molecule has 0 aliphatic heterocycles. The lowest BCUT2D eigenvalue weighted by Crippen LogP contribution is -2.31. The van der Waals surface area contributed by atoms with Gasteiger partial charge in [-0.3, -0.25) is 4.18 Å². The maximum Gasteiger partial charge on any atom is 0.347 e. The monoisotopic (exact) mass is 460 g/mol. The molecule has 1 atom stereocenters. The second-order valence-corrected chi connectivity index (χ2v) is 9.94. The van der Waals surface area contributed by atoms with Gasteiger partial charge in [-0.1, -0.05) is 61.7 Å². The summed E-state index contributed by atoms with van der Waals surface area (Å²) in [5, 5.41) is 0. The van der Waals surface area contributed by atoms with E-state index < -0.39 is 22.2 Å². The average Bonchev–Trinajstić information content (AvgIpc) is 2.79. The Kier molecular flexibility index (Phi) is 8.70. The van der Waals surface area contributed by atoms with Gasteiger partial charge in [0.1, 0.15) is 11.5 Å². The van der Waals surface area contributed by atoms with E-state index in [1.165, 1.54) is 26.4 Å². The molecular weight excluding hydrogens is 428 g/mol. The van der Waals surface area contributed by atoms with Crippen molar-refractivity contribution in [3.05, 3.63) is 65.2 Å². The van der Waals surface area contributed by atoms with Crippen LogP contribution in [0.4, 0.5) is 0 Å². The van der Waals surface area contributed by atoms with E-state index in [9.17, 15) is 13.2 Å². The lowest BCUT2D eigenvalue weighted by atomic mass is 9.83. The fourth-order valence-corrected chi connectivity index (χ4v) is 5.14. The molecule has 0 amide bonds. The first-order valence-corrected chi connectivity index (χ1v) is 12.7. The maximum absolute atomic E-state index is 12.4. The van der Waals surface area contributed by atoms with Crippen molar-refractivity contribution in [2.45, 2.75) is 63.2 Å². The largest absolute Gasteiger partial charge is 0.478 e. The third kappa shape index (κ3) is 7.07. The predicted octanol–water partition coefficient (Wildman–Crippen LogP) is 4.90. The molecule has 0 spiro atoms. The molecule has 7 heteroatoms. The van der Waals surface area contributed by atoms with Crippen LogP contribution in [-0.4, -0.2) is 34.2 Å². The molecule has 1 aliphatic rings. The molecule has 1 fully saturated rings. The molecule has 0 radical (unpaired) electrons. The molecule has 32 heavy (non-hydrogen) atoms. The zero-order chi connectivity index (χ0) is 23.0. The van der Waals surface area contributed by atoms with Gasteiger partial charge in [0, 0.05) is 6.42 Å². The van der Waals surface area contributed by atoms with Gasteiger partial charge >= 0.3 is 5.97 Å². The van der Waals surface area contributed by atoms with Crippen LogP contribution in [0.25, 0.3) is 0 Å². The quantitative estimate of drug-likeness (QED) is 0.371. The number of ether oxygens (including phenoxy) is 2. The summed E-state index contributed by atoms with van der Waals surface area (Å²) in [6.45, 7) is 1.81. The van der Waals surface area contributed by atoms with Gasteiger partial charge in [0.15, 0.2) is 6.10 Å². The van der Waals surface area contributed by atoms with E-state index in [2.05, 4.69) is 12.1 Å². The van der Waals surface area contributed by atoms with Crippen LogP contribution >= 0.6 is 0 Å². The predicted molar refractivity (Wildman–Crippen MR) is 123 cm³/mol. The van der Waals surface area contributed by atoms with Crippen LogP contribution in [0.5, 0.6) is 5.75 Å². The molecule has 1 unspecified atom stereocenters. The number of hydrogen-bond acceptors (Lipinski definition) is 6. The van der Waals surface area contributed by atoms with Gasteiger partial charge in [-0.25, -0.2) is 4.79 Å². The van der Waals surface area contributed by atoms with Crippen molar-refractivity contribution in [2.75, 3.05) is 13.7 Å². The molecule has 0 heterocycles. The van der Waals surface area contributed by atoms with Gasteiger partial charge in [-0.2, -0.15) is 8.42 Å². The first-order valence-electron chi connectivity index (χ1n) is 11.1. The molecule has 1 aliphatic carbocycles. The number of carbonyl (C=O) groups excluding carboxylic acids is 1. The Balaban J connectivity index is 1.67. The van der Waals surface area contributed by atoms with Crippen LogP contribution in [0.1, 0.15) is 61.1 Å². The van der Waals surface area contributed by atoms with E-state index in [0.29, 0.717) is 17.2 Å². The molecule has 1 saturated carbocycles. The highest BCUT2D eigenvalue weighted by atomic mass is 32.2. The van der Waals surface area contributed by atoms with Gasteiger partial charge in [-0.05, 0) is 48.4 Å². The Morgan fingerprint density at radius 3 is 2.47 bits per heavy atom. The minimum absolute atomic E-state index is 0.0682. The molecule has 6 nitrogen and oxygen atoms in total. The Bertz CT molecular complexity index is 981. The van der Waals surface area contributed by atoms with Gasteiger partial charge in [0.05, 0.1) is 13.7 Å². The highest BCUT2D eigenvalue weighted by Crippen LogP contribution is 2.38.